The van der Waals surface area contributed by atoms with Crippen LogP contribution >= 0.6 is 0 Å². The molecule has 3 aromatic rings. The topological polar surface area (TPSA) is 43.1 Å². The van der Waals surface area contributed by atoms with E-state index >= 15 is 0 Å². The van der Waals surface area contributed by atoms with Gasteiger partial charge in [0.1, 0.15) is 0 Å². The molecule has 3 rings (SSSR count). The van der Waals surface area contributed by atoms with Crippen molar-refractivity contribution < 1.29 is 21.9 Å². The van der Waals surface area contributed by atoms with Gasteiger partial charge < -0.3 is 52.5 Å². The van der Waals surface area contributed by atoms with Crippen LogP contribution in [-0.4, -0.2) is 5.78 Å². The average molecular weight is 331 g/mol. The summed E-state index contributed by atoms with van der Waals surface area (Å²) in [5.41, 5.74) is 7.89. The molecular weight excluding hydrogens is 314 g/mol. The van der Waals surface area contributed by atoms with E-state index in [2.05, 4.69) is 0 Å². The number of hydrogen-bond acceptors (Lipinski definition) is 2. The van der Waals surface area contributed by atoms with Gasteiger partial charge in [-0.1, -0.05) is 12.1 Å². The molecule has 0 aliphatic heterocycles. The molecule has 2 N–H and O–H groups in total. The smallest absolute Gasteiger partial charge is 0.0441 e. The summed E-state index contributed by atoms with van der Waals surface area (Å²) < 4.78 is 0. The van der Waals surface area contributed by atoms with Gasteiger partial charge in [-0.05, 0) is 17.7 Å². The Kier molecular flexibility index (Phi) is 7.69. The number of rotatable bonds is 3. The molecule has 0 amide bonds. The molecule has 0 saturated heterocycles. The van der Waals surface area contributed by atoms with Crippen LogP contribution in [-0.2, 0) is 17.1 Å². The Morgan fingerprint density at radius 1 is 1.05 bits per heavy atom. The van der Waals surface area contributed by atoms with E-state index in [0.717, 1.165) is 5.56 Å². The maximum atomic E-state index is 11.7. The zero-order valence-electron chi connectivity index (χ0n) is 12.0. The number of hydrogen-bond donors (Lipinski definition) is 1. The van der Waals surface area contributed by atoms with Gasteiger partial charge in [-0.3, -0.25) is 0 Å². The standard InChI is InChI=1S/C14H12NO.C5H5.Fe/c15-13-8-6-12(7-9-13)14(16)10-5-11-3-1-2-4-11;1-2-4-5-3-1;/h1-10H,15H2;1-5H;/q-5;-1;/b10-5+;;. The van der Waals surface area contributed by atoms with Gasteiger partial charge in [0.2, 0.25) is 0 Å². The molecular formula is C19H17FeNO-6. The largest absolute Gasteiger partial charge is 0.686 e. The molecule has 0 aromatic heterocycles. The Labute approximate surface area is 141 Å². The molecule has 3 aromatic carbocycles. The van der Waals surface area contributed by atoms with E-state index in [1.165, 1.54) is 0 Å². The third-order valence-electron chi connectivity index (χ3n) is 2.87. The molecule has 0 fully saturated rings. The summed E-state index contributed by atoms with van der Waals surface area (Å²) in [6, 6.07) is 24.7. The van der Waals surface area contributed by atoms with Crippen LogP contribution in [0.25, 0.3) is 6.08 Å². The van der Waals surface area contributed by atoms with Crippen molar-refractivity contribution in [3.8, 4) is 0 Å². The number of benzene rings is 1. The zero-order valence-corrected chi connectivity index (χ0v) is 13.1. The Bertz CT molecular complexity index is 648. The van der Waals surface area contributed by atoms with Crippen LogP contribution in [0.1, 0.15) is 15.9 Å². The third kappa shape index (κ3) is 5.96. The predicted octanol–water partition coefficient (Wildman–Crippen LogP) is 4.29. The van der Waals surface area contributed by atoms with Gasteiger partial charge in [0.25, 0.3) is 0 Å². The summed E-state index contributed by atoms with van der Waals surface area (Å²) in [4.78, 5) is 11.7. The van der Waals surface area contributed by atoms with Crippen LogP contribution in [0.5, 0.6) is 0 Å². The first-order valence-electron chi connectivity index (χ1n) is 6.72. The molecule has 0 heterocycles. The van der Waals surface area contributed by atoms with E-state index in [9.17, 15) is 4.79 Å². The van der Waals surface area contributed by atoms with Crippen LogP contribution in [0.4, 0.5) is 5.69 Å². The summed E-state index contributed by atoms with van der Waals surface area (Å²) in [6.45, 7) is 0. The summed E-state index contributed by atoms with van der Waals surface area (Å²) >= 11 is 0. The number of ketones is 1. The van der Waals surface area contributed by atoms with E-state index < -0.39 is 0 Å². The summed E-state index contributed by atoms with van der Waals surface area (Å²) in [5, 5.41) is 0. The number of nitrogen functional groups attached to an aromatic ring is 1. The van der Waals surface area contributed by atoms with E-state index in [4.69, 9.17) is 5.73 Å². The van der Waals surface area contributed by atoms with Gasteiger partial charge in [-0.25, -0.2) is 12.1 Å². The SMILES string of the molecule is Nc1ccc(C(=O)/C=C/[c-]2[cH-][cH-][cH-][cH-]2)cc1.[Fe].c1cc[cH-]c1. The van der Waals surface area contributed by atoms with Crippen LogP contribution < -0.4 is 5.73 Å². The Morgan fingerprint density at radius 3 is 2.14 bits per heavy atom. The van der Waals surface area contributed by atoms with Gasteiger partial charge in [0.15, 0.2) is 0 Å². The van der Waals surface area contributed by atoms with Gasteiger partial charge >= 0.3 is 0 Å². The minimum Gasteiger partial charge on any atom is -0.686 e. The van der Waals surface area contributed by atoms with Crippen molar-refractivity contribution in [2.24, 2.45) is 0 Å². The molecule has 118 valence electrons. The van der Waals surface area contributed by atoms with Crippen molar-refractivity contribution in [2.75, 3.05) is 5.73 Å². The van der Waals surface area contributed by atoms with Gasteiger partial charge in [0, 0.05) is 28.5 Å². The predicted molar refractivity (Wildman–Crippen MR) is 88.3 cm³/mol. The number of carbonyl (C=O) groups excluding carboxylic acids is 1. The first kappa shape index (κ1) is 17.7. The fraction of sp³-hybridized carbons (Fsp3) is 0. The van der Waals surface area contributed by atoms with E-state index in [1.807, 2.05) is 54.6 Å². The maximum absolute atomic E-state index is 11.7. The number of carbonyl (C=O) groups is 1. The zero-order chi connectivity index (χ0) is 14.9. The third-order valence-corrected chi connectivity index (χ3v) is 2.87. The van der Waals surface area contributed by atoms with Gasteiger partial charge in [0.05, 0.1) is 0 Å². The first-order valence-corrected chi connectivity index (χ1v) is 6.72. The number of nitrogens with two attached hydrogens (primary N) is 1. The van der Waals surface area contributed by atoms with E-state index in [-0.39, 0.29) is 22.9 Å². The second-order valence-corrected chi connectivity index (χ2v) is 4.50. The van der Waals surface area contributed by atoms with Gasteiger partial charge in [-0.2, -0.15) is 18.2 Å². The molecule has 0 aliphatic rings. The normalized spacial score (nSPS) is 9.64. The summed E-state index contributed by atoms with van der Waals surface area (Å²) in [6.07, 6.45) is 3.37. The second-order valence-electron chi connectivity index (χ2n) is 4.50. The molecule has 0 atom stereocenters. The van der Waals surface area contributed by atoms with E-state index in [1.54, 1.807) is 36.4 Å². The Morgan fingerprint density at radius 2 is 1.64 bits per heavy atom. The monoisotopic (exact) mass is 331 g/mol. The Balaban J connectivity index is 0.000000344. The summed E-state index contributed by atoms with van der Waals surface area (Å²) in [5.74, 6) is -0.0128. The minimum absolute atomic E-state index is 0. The van der Waals surface area contributed by atoms with Crippen molar-refractivity contribution in [1.82, 2.24) is 0 Å². The molecule has 0 saturated carbocycles. The van der Waals surface area contributed by atoms with Crippen LogP contribution in [0.3, 0.4) is 0 Å². The molecule has 0 bridgehead atoms. The van der Waals surface area contributed by atoms with Crippen LogP contribution in [0.2, 0.25) is 0 Å². The first-order chi connectivity index (χ1) is 10.3. The number of anilines is 1. The molecule has 0 unspecified atom stereocenters. The van der Waals surface area contributed by atoms with Crippen molar-refractivity contribution >= 4 is 17.5 Å². The average Bonchev–Trinajstić information content (AvgIpc) is 3.21. The minimum atomic E-state index is -0.0128. The van der Waals surface area contributed by atoms with Crippen LogP contribution in [0.15, 0.2) is 84.9 Å². The fourth-order valence-corrected chi connectivity index (χ4v) is 1.74. The Hall–Kier alpha value is -2.35. The maximum Gasteiger partial charge on any atom is 0.0441 e. The van der Waals surface area contributed by atoms with Crippen molar-refractivity contribution in [3.05, 3.63) is 96.1 Å². The van der Waals surface area contributed by atoms with Crippen molar-refractivity contribution in [3.63, 3.8) is 0 Å². The van der Waals surface area contributed by atoms with E-state index in [0.29, 0.717) is 11.3 Å². The molecule has 0 spiro atoms. The second kappa shape index (κ2) is 9.56. The molecule has 0 aliphatic carbocycles. The molecule has 3 heteroatoms. The molecule has 2 nitrogen and oxygen atoms in total. The van der Waals surface area contributed by atoms with Crippen molar-refractivity contribution in [1.29, 1.82) is 0 Å². The molecule has 0 radical (unpaired) electrons. The fourth-order valence-electron chi connectivity index (χ4n) is 1.74. The quantitative estimate of drug-likeness (QED) is 0.256. The van der Waals surface area contributed by atoms with Gasteiger partial charge in [-0.15, -0.1) is 0 Å². The summed E-state index contributed by atoms with van der Waals surface area (Å²) in [7, 11) is 0. The van der Waals surface area contributed by atoms with Crippen molar-refractivity contribution in [2.45, 2.75) is 0 Å². The van der Waals surface area contributed by atoms with Crippen LogP contribution in [0, 0.1) is 0 Å². The number of allylic oxidation sites excluding steroid dienone is 1. The molecule has 22 heavy (non-hydrogen) atoms.